The molecule has 1 aliphatic rings. The Morgan fingerprint density at radius 1 is 1.22 bits per heavy atom. The number of piperazine rings is 1. The van der Waals surface area contributed by atoms with Crippen molar-refractivity contribution in [3.8, 4) is 0 Å². The monoisotopic (exact) mass is 443 g/mol. The minimum absolute atomic E-state index is 0.0504. The summed E-state index contributed by atoms with van der Waals surface area (Å²) in [4.78, 5) is 16.0. The highest BCUT2D eigenvalue weighted by Crippen LogP contribution is 2.33. The number of nitrogens with zero attached hydrogens (tertiary/aromatic N) is 4. The molecule has 1 fully saturated rings. The van der Waals surface area contributed by atoms with Crippen molar-refractivity contribution in [1.82, 2.24) is 15.1 Å². The molecular formula is C23H24F3N5O. The molecule has 1 N–H and O–H groups in total. The van der Waals surface area contributed by atoms with Crippen LogP contribution in [0.1, 0.15) is 23.6 Å². The minimum atomic E-state index is -4.40. The Labute approximate surface area is 184 Å². The van der Waals surface area contributed by atoms with Crippen molar-refractivity contribution in [2.24, 2.45) is 0 Å². The van der Waals surface area contributed by atoms with E-state index in [0.717, 1.165) is 22.5 Å². The second-order valence-corrected chi connectivity index (χ2v) is 8.16. The van der Waals surface area contributed by atoms with Gasteiger partial charge in [0, 0.05) is 42.6 Å². The number of carbonyl (C=O) groups is 1. The zero-order chi connectivity index (χ0) is 23.0. The van der Waals surface area contributed by atoms with Crippen LogP contribution in [0.25, 0.3) is 10.8 Å². The van der Waals surface area contributed by atoms with E-state index >= 15 is 0 Å². The van der Waals surface area contributed by atoms with E-state index in [1.807, 2.05) is 23.1 Å². The lowest BCUT2D eigenvalue weighted by atomic mass is 10.0. The van der Waals surface area contributed by atoms with Gasteiger partial charge >= 0.3 is 6.18 Å². The maximum Gasteiger partial charge on any atom is 0.416 e. The topological polar surface area (TPSA) is 61.4 Å². The zero-order valence-electron chi connectivity index (χ0n) is 18.1. The van der Waals surface area contributed by atoms with Crippen LogP contribution in [0.4, 0.5) is 24.7 Å². The first-order valence-corrected chi connectivity index (χ1v) is 10.3. The molecule has 32 heavy (non-hydrogen) atoms. The Morgan fingerprint density at radius 2 is 2.00 bits per heavy atom. The van der Waals surface area contributed by atoms with E-state index in [0.29, 0.717) is 17.9 Å². The molecule has 0 spiro atoms. The average molecular weight is 443 g/mol. The molecular weight excluding hydrogens is 419 g/mol. The number of hydrogen-bond acceptors (Lipinski definition) is 5. The quantitative estimate of drug-likeness (QED) is 0.654. The fraction of sp³-hybridized carbons (Fsp3) is 0.348. The zero-order valence-corrected chi connectivity index (χ0v) is 18.1. The molecule has 4 rings (SSSR count). The summed E-state index contributed by atoms with van der Waals surface area (Å²) in [6.45, 7) is 4.63. The summed E-state index contributed by atoms with van der Waals surface area (Å²) in [7, 11) is 1.80. The van der Waals surface area contributed by atoms with Gasteiger partial charge in [-0.3, -0.25) is 4.79 Å². The number of nitrogens with one attached hydrogen (secondary N) is 1. The standard InChI is InChI=1S/C23H24F3N5O/c1-14-12-30(3)21(32)13-31(14)18-8-7-17-11-28-29-22(19(17)9-18)27-10-16-5-4-6-20(15(16)2)23(24,25)26/h4-9,11,14H,10,12-13H2,1-3H3,(H,27,29). The van der Waals surface area contributed by atoms with Crippen molar-refractivity contribution in [1.29, 1.82) is 0 Å². The van der Waals surface area contributed by atoms with E-state index in [4.69, 9.17) is 0 Å². The molecule has 0 saturated carbocycles. The first-order valence-electron chi connectivity index (χ1n) is 10.3. The molecule has 9 heteroatoms. The van der Waals surface area contributed by atoms with Crippen molar-refractivity contribution in [3.05, 3.63) is 59.3 Å². The molecule has 3 aromatic rings. The number of alkyl halides is 3. The lowest BCUT2D eigenvalue weighted by Gasteiger charge is -2.39. The third kappa shape index (κ3) is 4.19. The summed E-state index contributed by atoms with van der Waals surface area (Å²) in [5, 5.41) is 13.0. The number of halogens is 3. The van der Waals surface area contributed by atoms with Gasteiger partial charge in [-0.05, 0) is 43.2 Å². The summed E-state index contributed by atoms with van der Waals surface area (Å²) in [5.41, 5.74) is 0.966. The molecule has 6 nitrogen and oxygen atoms in total. The third-order valence-corrected chi connectivity index (χ3v) is 5.98. The number of rotatable bonds is 4. The number of likely N-dealkylation sites (N-methyl/N-ethyl adjacent to an activating group) is 1. The average Bonchev–Trinajstić information content (AvgIpc) is 2.74. The van der Waals surface area contributed by atoms with Crippen molar-refractivity contribution < 1.29 is 18.0 Å². The van der Waals surface area contributed by atoms with E-state index in [-0.39, 0.29) is 30.6 Å². The SMILES string of the molecule is Cc1c(CNc2nncc3ccc(N4CC(=O)N(C)CC4C)cc23)cccc1C(F)(F)F. The first kappa shape index (κ1) is 21.9. The Morgan fingerprint density at radius 3 is 2.75 bits per heavy atom. The van der Waals surface area contributed by atoms with Crippen LogP contribution in [-0.2, 0) is 17.5 Å². The predicted octanol–water partition coefficient (Wildman–Crippen LogP) is 4.24. The predicted molar refractivity (Wildman–Crippen MR) is 117 cm³/mol. The molecule has 2 heterocycles. The molecule has 1 saturated heterocycles. The van der Waals surface area contributed by atoms with E-state index in [1.54, 1.807) is 24.2 Å². The second-order valence-electron chi connectivity index (χ2n) is 8.16. The first-order chi connectivity index (χ1) is 15.1. The van der Waals surface area contributed by atoms with Gasteiger partial charge in [0.2, 0.25) is 5.91 Å². The van der Waals surface area contributed by atoms with Crippen LogP contribution >= 0.6 is 0 Å². The molecule has 0 aliphatic carbocycles. The Balaban J connectivity index is 1.63. The number of hydrogen-bond donors (Lipinski definition) is 1. The van der Waals surface area contributed by atoms with Crippen LogP contribution in [0.15, 0.2) is 42.6 Å². The van der Waals surface area contributed by atoms with Crippen LogP contribution in [-0.4, -0.2) is 47.2 Å². The van der Waals surface area contributed by atoms with Crippen LogP contribution in [0, 0.1) is 6.92 Å². The van der Waals surface area contributed by atoms with Crippen molar-refractivity contribution in [3.63, 3.8) is 0 Å². The van der Waals surface area contributed by atoms with Crippen LogP contribution < -0.4 is 10.2 Å². The Kier molecular flexibility index (Phi) is 5.66. The second kappa shape index (κ2) is 8.29. The fourth-order valence-corrected chi connectivity index (χ4v) is 4.10. The van der Waals surface area contributed by atoms with Gasteiger partial charge in [-0.2, -0.15) is 18.3 Å². The molecule has 1 aromatic heterocycles. The van der Waals surface area contributed by atoms with Gasteiger partial charge in [0.25, 0.3) is 0 Å². The number of amides is 1. The van der Waals surface area contributed by atoms with E-state index in [9.17, 15) is 18.0 Å². The molecule has 0 radical (unpaired) electrons. The maximum atomic E-state index is 13.2. The van der Waals surface area contributed by atoms with Gasteiger partial charge in [0.1, 0.15) is 0 Å². The third-order valence-electron chi connectivity index (χ3n) is 5.98. The van der Waals surface area contributed by atoms with Gasteiger partial charge in [-0.25, -0.2) is 0 Å². The summed E-state index contributed by atoms with van der Waals surface area (Å²) < 4.78 is 39.7. The van der Waals surface area contributed by atoms with Crippen molar-refractivity contribution in [2.45, 2.75) is 32.6 Å². The Bertz CT molecular complexity index is 1160. The highest BCUT2D eigenvalue weighted by atomic mass is 19.4. The van der Waals surface area contributed by atoms with E-state index in [2.05, 4.69) is 22.4 Å². The highest BCUT2D eigenvalue weighted by Gasteiger charge is 2.32. The van der Waals surface area contributed by atoms with Gasteiger partial charge in [-0.15, -0.1) is 5.10 Å². The lowest BCUT2D eigenvalue weighted by molar-refractivity contribution is -0.138. The van der Waals surface area contributed by atoms with Crippen LogP contribution in [0.3, 0.4) is 0 Å². The van der Waals surface area contributed by atoms with E-state index < -0.39 is 11.7 Å². The molecule has 2 aromatic carbocycles. The molecule has 168 valence electrons. The largest absolute Gasteiger partial charge is 0.416 e. The molecule has 1 amide bonds. The lowest BCUT2D eigenvalue weighted by Crippen LogP contribution is -2.53. The Hall–Kier alpha value is -3.36. The number of carbonyl (C=O) groups excluding carboxylic acids is 1. The van der Waals surface area contributed by atoms with Gasteiger partial charge in [-0.1, -0.05) is 18.2 Å². The fourth-order valence-electron chi connectivity index (χ4n) is 4.10. The number of fused-ring (bicyclic) bond motifs is 1. The van der Waals surface area contributed by atoms with Crippen LogP contribution in [0.5, 0.6) is 0 Å². The summed E-state index contributed by atoms with van der Waals surface area (Å²) in [6.07, 6.45) is -2.76. The smallest absolute Gasteiger partial charge is 0.364 e. The summed E-state index contributed by atoms with van der Waals surface area (Å²) in [5.74, 6) is 0.531. The molecule has 1 aliphatic heterocycles. The number of aromatic nitrogens is 2. The van der Waals surface area contributed by atoms with Crippen LogP contribution in [0.2, 0.25) is 0 Å². The molecule has 0 bridgehead atoms. The summed E-state index contributed by atoms with van der Waals surface area (Å²) in [6, 6.07) is 10.1. The maximum absolute atomic E-state index is 13.2. The highest BCUT2D eigenvalue weighted by molar-refractivity contribution is 5.94. The minimum Gasteiger partial charge on any atom is -0.364 e. The molecule has 1 atom stereocenters. The van der Waals surface area contributed by atoms with Gasteiger partial charge in [0.15, 0.2) is 5.82 Å². The number of anilines is 2. The van der Waals surface area contributed by atoms with E-state index in [1.165, 1.54) is 13.0 Å². The van der Waals surface area contributed by atoms with Gasteiger partial charge < -0.3 is 15.1 Å². The number of benzene rings is 2. The van der Waals surface area contributed by atoms with Crippen molar-refractivity contribution >= 4 is 28.2 Å². The normalized spacial score (nSPS) is 17.2. The summed E-state index contributed by atoms with van der Waals surface area (Å²) >= 11 is 0. The van der Waals surface area contributed by atoms with Crippen molar-refractivity contribution in [2.75, 3.05) is 30.4 Å². The molecule has 1 unspecified atom stereocenters. The van der Waals surface area contributed by atoms with Gasteiger partial charge in [0.05, 0.1) is 18.3 Å².